The summed E-state index contributed by atoms with van der Waals surface area (Å²) in [5.41, 5.74) is 6.95. The van der Waals surface area contributed by atoms with E-state index in [-0.39, 0.29) is 6.03 Å². The highest BCUT2D eigenvalue weighted by Crippen LogP contribution is 2.27. The third-order valence-electron chi connectivity index (χ3n) is 3.54. The largest absolute Gasteiger partial charge is 0.494 e. The van der Waals surface area contributed by atoms with Crippen molar-refractivity contribution < 1.29 is 9.53 Å². The Morgan fingerprint density at radius 1 is 1.42 bits per heavy atom. The third-order valence-corrected chi connectivity index (χ3v) is 3.54. The van der Waals surface area contributed by atoms with Crippen LogP contribution in [0.1, 0.15) is 19.8 Å². The molecule has 1 aromatic carbocycles. The van der Waals surface area contributed by atoms with Crippen LogP contribution in [0.5, 0.6) is 5.75 Å². The Hall–Kier alpha value is -1.91. The minimum Gasteiger partial charge on any atom is -0.494 e. The molecule has 0 atom stereocenters. The van der Waals surface area contributed by atoms with Gasteiger partial charge in [-0.15, -0.1) is 0 Å². The average molecular weight is 263 g/mol. The summed E-state index contributed by atoms with van der Waals surface area (Å²) < 4.78 is 5.22. The first-order valence-corrected chi connectivity index (χ1v) is 6.59. The number of hydrogen-bond donors (Lipinski definition) is 2. The van der Waals surface area contributed by atoms with Crippen LogP contribution in [0.3, 0.4) is 0 Å². The minimum atomic E-state index is -0.0741. The summed E-state index contributed by atoms with van der Waals surface area (Å²) in [6.45, 7) is 3.84. The van der Waals surface area contributed by atoms with Gasteiger partial charge in [-0.05, 0) is 30.9 Å². The molecule has 2 amide bonds. The maximum atomic E-state index is 12.2. The van der Waals surface area contributed by atoms with E-state index in [0.717, 1.165) is 25.9 Å². The molecular formula is C14H21N3O2. The van der Waals surface area contributed by atoms with E-state index in [1.165, 1.54) is 0 Å². The first kappa shape index (κ1) is 13.5. The van der Waals surface area contributed by atoms with Crippen molar-refractivity contribution >= 4 is 17.4 Å². The molecule has 1 aliphatic heterocycles. The molecular weight excluding hydrogens is 242 g/mol. The Morgan fingerprint density at radius 2 is 2.11 bits per heavy atom. The van der Waals surface area contributed by atoms with Gasteiger partial charge in [-0.3, -0.25) is 0 Å². The van der Waals surface area contributed by atoms with Crippen LogP contribution in [0, 0.1) is 5.92 Å². The molecule has 0 aliphatic carbocycles. The van der Waals surface area contributed by atoms with Gasteiger partial charge in [0.05, 0.1) is 12.8 Å². The zero-order valence-electron chi connectivity index (χ0n) is 11.5. The van der Waals surface area contributed by atoms with Crippen LogP contribution in [0.15, 0.2) is 18.2 Å². The van der Waals surface area contributed by atoms with E-state index >= 15 is 0 Å². The monoisotopic (exact) mass is 263 g/mol. The lowest BCUT2D eigenvalue weighted by atomic mass is 10.00. The van der Waals surface area contributed by atoms with Crippen molar-refractivity contribution in [3.63, 3.8) is 0 Å². The van der Waals surface area contributed by atoms with Gasteiger partial charge in [-0.1, -0.05) is 6.92 Å². The number of urea groups is 1. The maximum absolute atomic E-state index is 12.2. The molecule has 1 heterocycles. The topological polar surface area (TPSA) is 67.6 Å². The zero-order valence-corrected chi connectivity index (χ0v) is 11.5. The second-order valence-corrected chi connectivity index (χ2v) is 5.06. The van der Waals surface area contributed by atoms with E-state index in [1.54, 1.807) is 25.3 Å². The molecule has 19 heavy (non-hydrogen) atoms. The number of carbonyl (C=O) groups excluding carboxylic acids is 1. The number of amides is 2. The predicted molar refractivity (Wildman–Crippen MR) is 76.4 cm³/mol. The lowest BCUT2D eigenvalue weighted by molar-refractivity contribution is 0.186. The van der Waals surface area contributed by atoms with Gasteiger partial charge < -0.3 is 20.7 Å². The minimum absolute atomic E-state index is 0.0741. The number of piperidine rings is 1. The number of ether oxygens (including phenoxy) is 1. The molecule has 1 aromatic rings. The van der Waals surface area contributed by atoms with Crippen molar-refractivity contribution in [2.75, 3.05) is 31.2 Å². The van der Waals surface area contributed by atoms with Crippen molar-refractivity contribution in [1.82, 2.24) is 4.90 Å². The van der Waals surface area contributed by atoms with Crippen LogP contribution in [0.2, 0.25) is 0 Å². The molecule has 2 rings (SSSR count). The first-order valence-electron chi connectivity index (χ1n) is 6.59. The average Bonchev–Trinajstić information content (AvgIpc) is 2.41. The van der Waals surface area contributed by atoms with Gasteiger partial charge in [0.25, 0.3) is 0 Å². The molecule has 0 spiro atoms. The van der Waals surface area contributed by atoms with Crippen molar-refractivity contribution in [1.29, 1.82) is 0 Å². The molecule has 1 saturated heterocycles. The van der Waals surface area contributed by atoms with E-state index in [9.17, 15) is 4.79 Å². The highest BCUT2D eigenvalue weighted by Gasteiger charge is 2.20. The Morgan fingerprint density at radius 3 is 2.74 bits per heavy atom. The normalized spacial score (nSPS) is 16.2. The summed E-state index contributed by atoms with van der Waals surface area (Å²) in [6.07, 6.45) is 2.12. The van der Waals surface area contributed by atoms with Gasteiger partial charge in [0.15, 0.2) is 0 Å². The van der Waals surface area contributed by atoms with Crippen LogP contribution < -0.4 is 15.8 Å². The quantitative estimate of drug-likeness (QED) is 0.806. The standard InChI is InChI=1S/C14H21N3O2/c1-10-5-7-17(8-6-10)14(18)16-12-4-3-11(15)9-13(12)19-2/h3-4,9-10H,5-8,15H2,1-2H3,(H,16,18). The maximum Gasteiger partial charge on any atom is 0.321 e. The van der Waals surface area contributed by atoms with E-state index in [2.05, 4.69) is 12.2 Å². The fourth-order valence-electron chi connectivity index (χ4n) is 2.22. The Bertz CT molecular complexity index is 454. The van der Waals surface area contributed by atoms with Crippen molar-refractivity contribution in [3.05, 3.63) is 18.2 Å². The first-order chi connectivity index (χ1) is 9.10. The van der Waals surface area contributed by atoms with Gasteiger partial charge in [-0.2, -0.15) is 0 Å². The Labute approximate surface area is 113 Å². The van der Waals surface area contributed by atoms with Gasteiger partial charge in [0, 0.05) is 24.8 Å². The van der Waals surface area contributed by atoms with Crippen molar-refractivity contribution in [3.8, 4) is 5.75 Å². The number of rotatable bonds is 2. The zero-order chi connectivity index (χ0) is 13.8. The highest BCUT2D eigenvalue weighted by molar-refractivity contribution is 5.91. The Kier molecular flexibility index (Phi) is 4.14. The number of carbonyl (C=O) groups is 1. The van der Waals surface area contributed by atoms with Gasteiger partial charge in [0.2, 0.25) is 0 Å². The fraction of sp³-hybridized carbons (Fsp3) is 0.500. The number of nitrogens with zero attached hydrogens (tertiary/aromatic N) is 1. The van der Waals surface area contributed by atoms with Crippen molar-refractivity contribution in [2.45, 2.75) is 19.8 Å². The number of likely N-dealkylation sites (tertiary alicyclic amines) is 1. The van der Waals surface area contributed by atoms with E-state index in [4.69, 9.17) is 10.5 Å². The number of nitrogens with two attached hydrogens (primary N) is 1. The molecule has 0 bridgehead atoms. The van der Waals surface area contributed by atoms with Crippen LogP contribution in [0.4, 0.5) is 16.2 Å². The summed E-state index contributed by atoms with van der Waals surface area (Å²) in [4.78, 5) is 14.0. The smallest absolute Gasteiger partial charge is 0.321 e. The molecule has 0 aromatic heterocycles. The number of anilines is 2. The number of nitrogen functional groups attached to an aromatic ring is 1. The van der Waals surface area contributed by atoms with Gasteiger partial charge in [-0.25, -0.2) is 4.79 Å². The van der Waals surface area contributed by atoms with E-state index in [0.29, 0.717) is 23.0 Å². The van der Waals surface area contributed by atoms with Gasteiger partial charge in [0.1, 0.15) is 5.75 Å². The van der Waals surface area contributed by atoms with E-state index in [1.807, 2.05) is 4.90 Å². The molecule has 5 nitrogen and oxygen atoms in total. The summed E-state index contributed by atoms with van der Waals surface area (Å²) in [7, 11) is 1.56. The van der Waals surface area contributed by atoms with Crippen LogP contribution in [0.25, 0.3) is 0 Å². The van der Waals surface area contributed by atoms with E-state index < -0.39 is 0 Å². The second-order valence-electron chi connectivity index (χ2n) is 5.06. The van der Waals surface area contributed by atoms with Crippen LogP contribution in [-0.4, -0.2) is 31.1 Å². The lowest BCUT2D eigenvalue weighted by Crippen LogP contribution is -2.40. The van der Waals surface area contributed by atoms with Crippen LogP contribution >= 0.6 is 0 Å². The SMILES string of the molecule is COc1cc(N)ccc1NC(=O)N1CCC(C)CC1. The Balaban J connectivity index is 2.02. The molecule has 1 aliphatic rings. The second kappa shape index (κ2) is 5.82. The molecule has 0 radical (unpaired) electrons. The summed E-state index contributed by atoms with van der Waals surface area (Å²) in [5, 5.41) is 2.88. The summed E-state index contributed by atoms with van der Waals surface area (Å²) >= 11 is 0. The lowest BCUT2D eigenvalue weighted by Gasteiger charge is -2.30. The number of nitrogens with one attached hydrogen (secondary N) is 1. The fourth-order valence-corrected chi connectivity index (χ4v) is 2.22. The van der Waals surface area contributed by atoms with Gasteiger partial charge >= 0.3 is 6.03 Å². The molecule has 5 heteroatoms. The molecule has 3 N–H and O–H groups in total. The molecule has 104 valence electrons. The third kappa shape index (κ3) is 3.30. The molecule has 1 fully saturated rings. The summed E-state index contributed by atoms with van der Waals surface area (Å²) in [5.74, 6) is 1.29. The molecule has 0 unspecified atom stereocenters. The molecule has 0 saturated carbocycles. The number of hydrogen-bond acceptors (Lipinski definition) is 3. The van der Waals surface area contributed by atoms with Crippen LogP contribution in [-0.2, 0) is 0 Å². The number of benzene rings is 1. The highest BCUT2D eigenvalue weighted by atomic mass is 16.5. The predicted octanol–water partition coefficient (Wildman–Crippen LogP) is 2.54. The van der Waals surface area contributed by atoms with Crippen molar-refractivity contribution in [2.24, 2.45) is 5.92 Å². The summed E-state index contributed by atoms with van der Waals surface area (Å²) in [6, 6.07) is 5.14. The number of methoxy groups -OCH3 is 1.